The third-order valence-electron chi connectivity index (χ3n) is 3.23. The van der Waals surface area contributed by atoms with E-state index in [1.165, 1.54) is 32.0 Å². The molecule has 0 fully saturated rings. The summed E-state index contributed by atoms with van der Waals surface area (Å²) in [6, 6.07) is 4.40. The molecule has 110 valence electrons. The molecular weight excluding hydrogens is 276 g/mol. The minimum absolute atomic E-state index is 0.165. The van der Waals surface area contributed by atoms with E-state index in [4.69, 9.17) is 5.11 Å². The molecule has 7 nitrogen and oxygen atoms in total. The zero-order valence-electron chi connectivity index (χ0n) is 11.5. The molecule has 0 saturated carbocycles. The molecule has 0 unspecified atom stereocenters. The van der Waals surface area contributed by atoms with Crippen molar-refractivity contribution in [1.82, 2.24) is 9.97 Å². The third-order valence-corrected chi connectivity index (χ3v) is 3.23. The maximum atomic E-state index is 12.1. The molecule has 0 bridgehead atoms. The average Bonchev–Trinajstić information content (AvgIpc) is 2.38. The van der Waals surface area contributed by atoms with Gasteiger partial charge in [-0.2, -0.15) is 0 Å². The first-order valence-electron chi connectivity index (χ1n) is 6.24. The fourth-order valence-electron chi connectivity index (χ4n) is 1.87. The van der Waals surface area contributed by atoms with Crippen molar-refractivity contribution >= 4 is 22.8 Å². The zero-order valence-corrected chi connectivity index (χ0v) is 11.5. The Bertz CT molecular complexity index is 844. The highest BCUT2D eigenvalue weighted by Crippen LogP contribution is 2.23. The Balaban J connectivity index is 2.41. The number of hydrogen-bond acceptors (Lipinski definition) is 4. The van der Waals surface area contributed by atoms with Gasteiger partial charge >= 0.3 is 17.1 Å². The van der Waals surface area contributed by atoms with Crippen LogP contribution in [0.2, 0.25) is 0 Å². The number of carbonyl (C=O) groups excluding carboxylic acids is 1. The minimum Gasteiger partial charge on any atom is -0.481 e. The number of nitrogens with one attached hydrogen (secondary N) is 2. The van der Waals surface area contributed by atoms with Crippen LogP contribution in [0.15, 0.2) is 27.8 Å². The average molecular weight is 290 g/mol. The number of carboxylic acids is 1. The monoisotopic (exact) mass is 290 g/mol. The highest BCUT2D eigenvalue weighted by Gasteiger charge is 2.30. The molecule has 0 saturated heterocycles. The molecule has 0 radical (unpaired) electrons. The lowest BCUT2D eigenvalue weighted by Crippen LogP contribution is -2.29. The van der Waals surface area contributed by atoms with Crippen LogP contribution >= 0.6 is 0 Å². The lowest BCUT2D eigenvalue weighted by atomic mass is 9.85. The molecular formula is C14H14N2O5. The third kappa shape index (κ3) is 2.91. The van der Waals surface area contributed by atoms with Gasteiger partial charge in [0.1, 0.15) is 0 Å². The molecule has 21 heavy (non-hydrogen) atoms. The molecule has 1 aromatic carbocycles. The summed E-state index contributed by atoms with van der Waals surface area (Å²) in [7, 11) is 0. The number of ketones is 1. The van der Waals surface area contributed by atoms with Gasteiger partial charge in [0.15, 0.2) is 5.78 Å². The Morgan fingerprint density at radius 1 is 1.10 bits per heavy atom. The normalized spacial score (nSPS) is 11.5. The Labute approximate surface area is 118 Å². The summed E-state index contributed by atoms with van der Waals surface area (Å²) in [6.45, 7) is 2.93. The number of benzene rings is 1. The standard InChI is InChI=1S/C14H14N2O5/c1-14(2,13(20)21)6-10(17)7-3-4-8-9(5-7)16-12(19)11(18)15-8/h3-5H,6H2,1-2H3,(H,15,18)(H,16,19)(H,20,21). The molecule has 0 aliphatic rings. The first kappa shape index (κ1) is 14.7. The molecule has 2 aromatic rings. The number of aromatic nitrogens is 2. The van der Waals surface area contributed by atoms with Gasteiger partial charge in [0, 0.05) is 12.0 Å². The Morgan fingerprint density at radius 2 is 1.67 bits per heavy atom. The van der Waals surface area contributed by atoms with E-state index in [2.05, 4.69) is 9.97 Å². The number of rotatable bonds is 4. The van der Waals surface area contributed by atoms with Crippen molar-refractivity contribution in [1.29, 1.82) is 0 Å². The molecule has 1 aromatic heterocycles. The number of carboxylic acid groups (broad SMARTS) is 1. The summed E-state index contributed by atoms with van der Waals surface area (Å²) >= 11 is 0. The molecule has 0 aliphatic heterocycles. The summed E-state index contributed by atoms with van der Waals surface area (Å²) in [4.78, 5) is 50.4. The van der Waals surface area contributed by atoms with Crippen LogP contribution < -0.4 is 11.1 Å². The summed E-state index contributed by atoms with van der Waals surface area (Å²) in [5.74, 6) is -1.41. The van der Waals surface area contributed by atoms with E-state index >= 15 is 0 Å². The fourth-order valence-corrected chi connectivity index (χ4v) is 1.87. The molecule has 0 aliphatic carbocycles. The largest absolute Gasteiger partial charge is 0.481 e. The summed E-state index contributed by atoms with van der Waals surface area (Å²) < 4.78 is 0. The number of H-pyrrole nitrogens is 2. The fraction of sp³-hybridized carbons (Fsp3) is 0.286. The highest BCUT2D eigenvalue weighted by molar-refractivity contribution is 6.00. The molecule has 0 atom stereocenters. The molecule has 7 heteroatoms. The molecule has 0 amide bonds. The zero-order chi connectivity index (χ0) is 15.8. The van der Waals surface area contributed by atoms with Crippen LogP contribution in [0, 0.1) is 5.41 Å². The number of aliphatic carboxylic acids is 1. The van der Waals surface area contributed by atoms with E-state index in [9.17, 15) is 19.2 Å². The molecule has 1 heterocycles. The van der Waals surface area contributed by atoms with Gasteiger partial charge in [0.05, 0.1) is 16.4 Å². The van der Waals surface area contributed by atoms with E-state index in [1.54, 1.807) is 0 Å². The van der Waals surface area contributed by atoms with Crippen molar-refractivity contribution < 1.29 is 14.7 Å². The number of Topliss-reactive ketones (excluding diaryl/α,β-unsaturated/α-hetero) is 1. The molecule has 3 N–H and O–H groups in total. The Hall–Kier alpha value is -2.70. The topological polar surface area (TPSA) is 120 Å². The highest BCUT2D eigenvalue weighted by atomic mass is 16.4. The second-order valence-electron chi connectivity index (χ2n) is 5.46. The molecule has 2 rings (SSSR count). The van der Waals surface area contributed by atoms with E-state index < -0.39 is 22.5 Å². The predicted molar refractivity (Wildman–Crippen MR) is 75.6 cm³/mol. The Morgan fingerprint density at radius 3 is 2.24 bits per heavy atom. The number of carbonyl (C=O) groups is 2. The minimum atomic E-state index is -1.18. The van der Waals surface area contributed by atoms with Crippen LogP contribution in [-0.4, -0.2) is 26.8 Å². The van der Waals surface area contributed by atoms with Gasteiger partial charge in [-0.05, 0) is 32.0 Å². The molecule has 0 spiro atoms. The van der Waals surface area contributed by atoms with Crippen molar-refractivity contribution in [3.05, 3.63) is 44.5 Å². The van der Waals surface area contributed by atoms with Gasteiger partial charge in [0.25, 0.3) is 0 Å². The lowest BCUT2D eigenvalue weighted by Gasteiger charge is -2.17. The van der Waals surface area contributed by atoms with Gasteiger partial charge < -0.3 is 15.1 Å². The van der Waals surface area contributed by atoms with E-state index in [0.29, 0.717) is 11.0 Å². The van der Waals surface area contributed by atoms with Crippen LogP contribution in [0.4, 0.5) is 0 Å². The second kappa shape index (κ2) is 5.01. The predicted octanol–water partition coefficient (Wildman–Crippen LogP) is 0.900. The maximum Gasteiger partial charge on any atom is 0.314 e. The quantitative estimate of drug-likeness (QED) is 0.570. The first-order valence-corrected chi connectivity index (χ1v) is 6.24. The van der Waals surface area contributed by atoms with Crippen molar-refractivity contribution in [2.24, 2.45) is 5.41 Å². The van der Waals surface area contributed by atoms with Gasteiger partial charge in [-0.1, -0.05) is 0 Å². The number of fused-ring (bicyclic) bond motifs is 1. The van der Waals surface area contributed by atoms with Crippen molar-refractivity contribution in [3.8, 4) is 0 Å². The van der Waals surface area contributed by atoms with Crippen molar-refractivity contribution in [3.63, 3.8) is 0 Å². The summed E-state index contributed by atoms with van der Waals surface area (Å²) in [6.07, 6.45) is -0.165. The van der Waals surface area contributed by atoms with Crippen LogP contribution in [-0.2, 0) is 4.79 Å². The first-order chi connectivity index (χ1) is 9.70. The van der Waals surface area contributed by atoms with Gasteiger partial charge in [-0.15, -0.1) is 0 Å². The van der Waals surface area contributed by atoms with E-state index in [-0.39, 0.29) is 17.8 Å². The second-order valence-corrected chi connectivity index (χ2v) is 5.46. The number of aromatic amines is 2. The summed E-state index contributed by atoms with van der Waals surface area (Å²) in [5.41, 5.74) is -1.76. The SMILES string of the molecule is CC(C)(CC(=O)c1ccc2[nH]c(=O)c(=O)[nH]c2c1)C(=O)O. The van der Waals surface area contributed by atoms with Gasteiger partial charge in [-0.3, -0.25) is 19.2 Å². The van der Waals surface area contributed by atoms with Crippen LogP contribution in [0.3, 0.4) is 0 Å². The smallest absolute Gasteiger partial charge is 0.314 e. The maximum absolute atomic E-state index is 12.1. The van der Waals surface area contributed by atoms with Gasteiger partial charge in [-0.25, -0.2) is 0 Å². The van der Waals surface area contributed by atoms with E-state index in [0.717, 1.165) is 0 Å². The van der Waals surface area contributed by atoms with Crippen LogP contribution in [0.25, 0.3) is 11.0 Å². The van der Waals surface area contributed by atoms with Crippen LogP contribution in [0.1, 0.15) is 30.6 Å². The number of hydrogen-bond donors (Lipinski definition) is 3. The van der Waals surface area contributed by atoms with Crippen molar-refractivity contribution in [2.45, 2.75) is 20.3 Å². The summed E-state index contributed by atoms with van der Waals surface area (Å²) in [5, 5.41) is 9.04. The lowest BCUT2D eigenvalue weighted by molar-refractivity contribution is -0.146. The van der Waals surface area contributed by atoms with Crippen LogP contribution in [0.5, 0.6) is 0 Å². The Kier molecular flexibility index (Phi) is 3.51. The van der Waals surface area contributed by atoms with Gasteiger partial charge in [0.2, 0.25) is 0 Å². The van der Waals surface area contributed by atoms with Crippen molar-refractivity contribution in [2.75, 3.05) is 0 Å². The van der Waals surface area contributed by atoms with E-state index in [1.807, 2.05) is 0 Å².